The van der Waals surface area contributed by atoms with Crippen molar-refractivity contribution in [3.05, 3.63) is 118 Å². The molecule has 0 amide bonds. The predicted molar refractivity (Wildman–Crippen MR) is 267 cm³/mol. The highest BCUT2D eigenvalue weighted by molar-refractivity contribution is 7.86. The van der Waals surface area contributed by atoms with Gasteiger partial charge >= 0.3 is 0 Å². The standard InChI is InChI=1S/C50H64N2O13S4/c1-34-31-37(67(56,57)58)21-24-44(34)65-47-35(17-25-45-49(5,6)40-32-38(68(59,60)61)19-22-42(40)51(45)28-11-9-10-27-48(2,3)4)15-14-16-36(47)18-26-46-50(7,8)41-33-39(69(62,63)64)20-23-43(41)52(46)29-12-13-30-66(53,54)55/h17-26,31-33H,9-16,27-30H2,1-8H3,(H3-,53,54,55,56,57,58,59,60,61,62,63,64)/p+1. The second kappa shape index (κ2) is 20.0. The molecule has 2 aliphatic heterocycles. The summed E-state index contributed by atoms with van der Waals surface area (Å²) >= 11 is 0. The first kappa shape index (κ1) is 53.9. The average Bonchev–Trinajstić information content (AvgIpc) is 3.57. The average molecular weight is 1030 g/mol. The van der Waals surface area contributed by atoms with E-state index in [1.165, 1.54) is 42.5 Å². The van der Waals surface area contributed by atoms with Crippen molar-refractivity contribution in [2.24, 2.45) is 5.41 Å². The second-order valence-corrected chi connectivity index (χ2v) is 26.2. The zero-order valence-electron chi connectivity index (χ0n) is 40.5. The van der Waals surface area contributed by atoms with E-state index in [2.05, 4.69) is 25.3 Å². The molecule has 0 fully saturated rings. The summed E-state index contributed by atoms with van der Waals surface area (Å²) in [7, 11) is -17.8. The van der Waals surface area contributed by atoms with Gasteiger partial charge in [-0.15, -0.1) is 0 Å². The van der Waals surface area contributed by atoms with E-state index >= 15 is 0 Å². The number of allylic oxidation sites excluding steroid dienone is 7. The van der Waals surface area contributed by atoms with Gasteiger partial charge in [-0.05, 0) is 154 Å². The van der Waals surface area contributed by atoms with E-state index in [-0.39, 0.29) is 26.5 Å². The zero-order valence-corrected chi connectivity index (χ0v) is 43.7. The number of hydrogen-bond acceptors (Lipinski definition) is 10. The van der Waals surface area contributed by atoms with Crippen molar-refractivity contribution in [1.29, 1.82) is 0 Å². The molecule has 3 aliphatic rings. The molecule has 1 aliphatic carbocycles. The van der Waals surface area contributed by atoms with Crippen LogP contribution >= 0.6 is 0 Å². The van der Waals surface area contributed by atoms with E-state index in [9.17, 15) is 51.9 Å². The number of hydrogen-bond donors (Lipinski definition) is 4. The maximum Gasteiger partial charge on any atom is 0.294 e. The van der Waals surface area contributed by atoms with Crippen LogP contribution in [0.5, 0.6) is 5.75 Å². The first-order valence-corrected chi connectivity index (χ1v) is 28.9. The van der Waals surface area contributed by atoms with Gasteiger partial charge in [-0.2, -0.15) is 38.2 Å². The Morgan fingerprint density at radius 3 is 1.91 bits per heavy atom. The Balaban J connectivity index is 1.49. The smallest absolute Gasteiger partial charge is 0.294 e. The summed E-state index contributed by atoms with van der Waals surface area (Å²) in [5.41, 5.74) is 5.19. The summed E-state index contributed by atoms with van der Waals surface area (Å²) in [6, 6.07) is 13.1. The van der Waals surface area contributed by atoms with Crippen LogP contribution in [0.1, 0.15) is 123 Å². The van der Waals surface area contributed by atoms with Crippen LogP contribution in [0, 0.1) is 12.3 Å². The highest BCUT2D eigenvalue weighted by Gasteiger charge is 2.45. The molecule has 0 radical (unpaired) electrons. The lowest BCUT2D eigenvalue weighted by Crippen LogP contribution is -2.28. The van der Waals surface area contributed by atoms with Gasteiger partial charge in [0.25, 0.3) is 40.5 Å². The molecule has 0 spiro atoms. The maximum absolute atomic E-state index is 12.3. The molecule has 0 saturated carbocycles. The normalized spacial score (nSPS) is 18.8. The molecule has 0 unspecified atom stereocenters. The van der Waals surface area contributed by atoms with Crippen molar-refractivity contribution in [1.82, 2.24) is 0 Å². The molecule has 19 heteroatoms. The van der Waals surface area contributed by atoms with Crippen LogP contribution in [0.2, 0.25) is 0 Å². The number of unbranched alkanes of at least 4 members (excludes halogenated alkanes) is 3. The van der Waals surface area contributed by atoms with E-state index < -0.39 is 57.1 Å². The van der Waals surface area contributed by atoms with Gasteiger partial charge in [0.15, 0.2) is 5.71 Å². The van der Waals surface area contributed by atoms with Crippen LogP contribution < -0.4 is 9.64 Å². The topological polar surface area (TPSA) is 233 Å². The van der Waals surface area contributed by atoms with Gasteiger partial charge < -0.3 is 9.64 Å². The van der Waals surface area contributed by atoms with Crippen molar-refractivity contribution in [3.63, 3.8) is 0 Å². The molecule has 3 aromatic rings. The number of aryl methyl sites for hydroxylation is 1. The Hall–Kier alpha value is -4.47. The molecule has 0 aromatic heterocycles. The largest absolute Gasteiger partial charge is 0.457 e. The highest BCUT2D eigenvalue weighted by atomic mass is 32.2. The van der Waals surface area contributed by atoms with Crippen LogP contribution in [-0.2, 0) is 51.3 Å². The maximum atomic E-state index is 12.3. The first-order valence-electron chi connectivity index (χ1n) is 23.0. The molecule has 0 bridgehead atoms. The molecule has 69 heavy (non-hydrogen) atoms. The number of nitrogens with zero attached hydrogens (tertiary/aromatic N) is 2. The Bertz CT molecular complexity index is 3140. The number of anilines is 1. The lowest BCUT2D eigenvalue weighted by Gasteiger charge is -2.27. The van der Waals surface area contributed by atoms with Gasteiger partial charge in [-0.1, -0.05) is 47.1 Å². The Kier molecular flexibility index (Phi) is 15.6. The molecule has 6 rings (SSSR count). The third-order valence-corrected chi connectivity index (χ3v) is 16.5. The molecule has 15 nitrogen and oxygen atoms in total. The van der Waals surface area contributed by atoms with Crippen molar-refractivity contribution < 1.29 is 61.2 Å². The summed E-state index contributed by atoms with van der Waals surface area (Å²) in [5.74, 6) is 0.402. The van der Waals surface area contributed by atoms with Gasteiger partial charge in [0.2, 0.25) is 5.69 Å². The van der Waals surface area contributed by atoms with Gasteiger partial charge in [-0.3, -0.25) is 18.2 Å². The molecule has 376 valence electrons. The molecular weight excluding hydrogens is 965 g/mol. The third kappa shape index (κ3) is 12.7. The van der Waals surface area contributed by atoms with E-state index in [4.69, 9.17) is 4.74 Å². The summed E-state index contributed by atoms with van der Waals surface area (Å²) < 4.78 is 145. The number of fused-ring (bicyclic) bond motifs is 2. The third-order valence-electron chi connectivity index (χ3n) is 13.2. The highest BCUT2D eigenvalue weighted by Crippen LogP contribution is 2.49. The van der Waals surface area contributed by atoms with E-state index in [1.807, 2.05) is 56.9 Å². The molecular formula is C50H65N2O13S4+. The Labute approximate surface area is 408 Å². The van der Waals surface area contributed by atoms with Gasteiger partial charge in [0.05, 0.1) is 25.9 Å². The predicted octanol–water partition coefficient (Wildman–Crippen LogP) is 10.1. The SMILES string of the molecule is Cc1cc(S(=O)(=O)O)ccc1OC1=C(/C=C/C2=[N+](CCCCCC(C)(C)C)c3ccc(S(=O)(=O)O)cc3C2(C)C)CCC/C1=C\C=C1\N(CCCCS(=O)(=O)O)c2ccc(S(=O)(=O)O)cc2C1(C)C. The lowest BCUT2D eigenvalue weighted by atomic mass is 9.81. The minimum Gasteiger partial charge on any atom is -0.457 e. The summed E-state index contributed by atoms with van der Waals surface area (Å²) in [5, 5.41) is 0. The van der Waals surface area contributed by atoms with Gasteiger partial charge in [-0.25, -0.2) is 0 Å². The van der Waals surface area contributed by atoms with Crippen LogP contribution in [0.15, 0.2) is 116 Å². The van der Waals surface area contributed by atoms with Crippen molar-refractivity contribution >= 4 is 57.6 Å². The summed E-state index contributed by atoms with van der Waals surface area (Å²) in [6.07, 6.45) is 14.2. The first-order chi connectivity index (χ1) is 31.8. The Morgan fingerprint density at radius 1 is 0.696 bits per heavy atom. The van der Waals surface area contributed by atoms with Gasteiger partial charge in [0, 0.05) is 47.5 Å². The minimum atomic E-state index is -4.55. The lowest BCUT2D eigenvalue weighted by molar-refractivity contribution is -0.438. The van der Waals surface area contributed by atoms with E-state index in [0.717, 1.165) is 59.5 Å². The fourth-order valence-corrected chi connectivity index (χ4v) is 11.6. The minimum absolute atomic E-state index is 0.159. The van der Waals surface area contributed by atoms with Crippen molar-refractivity contribution in [2.75, 3.05) is 23.7 Å². The Morgan fingerprint density at radius 2 is 1.30 bits per heavy atom. The van der Waals surface area contributed by atoms with Crippen LogP contribution in [0.3, 0.4) is 0 Å². The summed E-state index contributed by atoms with van der Waals surface area (Å²) in [6.45, 7) is 17.1. The van der Waals surface area contributed by atoms with Gasteiger partial charge in [0.1, 0.15) is 18.1 Å². The number of rotatable bonds is 18. The second-order valence-electron chi connectivity index (χ2n) is 20.4. The monoisotopic (exact) mass is 1030 g/mol. The quantitative estimate of drug-likeness (QED) is 0.0528. The fraction of sp³-hybridized carbons (Fsp3) is 0.460. The van der Waals surface area contributed by atoms with E-state index in [1.54, 1.807) is 19.1 Å². The summed E-state index contributed by atoms with van der Waals surface area (Å²) in [4.78, 5) is 1.20. The molecule has 0 saturated heterocycles. The van der Waals surface area contributed by atoms with E-state index in [0.29, 0.717) is 67.1 Å². The van der Waals surface area contributed by atoms with Crippen LogP contribution in [0.4, 0.5) is 11.4 Å². The molecule has 2 heterocycles. The van der Waals surface area contributed by atoms with Crippen LogP contribution in [0.25, 0.3) is 0 Å². The molecule has 4 N–H and O–H groups in total. The zero-order chi connectivity index (χ0) is 51.1. The van der Waals surface area contributed by atoms with Crippen LogP contribution in [-0.4, -0.2) is 81.0 Å². The fourth-order valence-electron chi connectivity index (χ4n) is 9.49. The van der Waals surface area contributed by atoms with Crippen molar-refractivity contribution in [2.45, 2.75) is 139 Å². The number of benzene rings is 3. The molecule has 3 aromatic carbocycles. The number of ether oxygens (including phenoxy) is 1. The van der Waals surface area contributed by atoms with Crippen molar-refractivity contribution in [3.8, 4) is 5.75 Å². The molecule has 0 atom stereocenters.